The second-order valence-corrected chi connectivity index (χ2v) is 9.98. The summed E-state index contributed by atoms with van der Waals surface area (Å²) in [4.78, 5) is 18.2. The van der Waals surface area contributed by atoms with E-state index in [9.17, 15) is 9.50 Å². The molecular weight excluding hydrogens is 466 g/mol. The summed E-state index contributed by atoms with van der Waals surface area (Å²) >= 11 is 0. The van der Waals surface area contributed by atoms with Crippen molar-refractivity contribution in [3.8, 4) is 23.0 Å². The average molecular weight is 497 g/mol. The van der Waals surface area contributed by atoms with Gasteiger partial charge in [0.05, 0.1) is 10.9 Å². The lowest BCUT2D eigenvalue weighted by molar-refractivity contribution is 0.159. The molecule has 3 fully saturated rings. The van der Waals surface area contributed by atoms with Gasteiger partial charge in [-0.1, -0.05) is 6.07 Å². The van der Waals surface area contributed by atoms with Crippen LogP contribution in [0.15, 0.2) is 24.3 Å². The molecule has 2 N–H and O–H groups in total. The predicted octanol–water partition coefficient (Wildman–Crippen LogP) is 3.48. The van der Waals surface area contributed by atoms with Crippen LogP contribution < -0.4 is 15.0 Å². The summed E-state index contributed by atoms with van der Waals surface area (Å²) in [5.41, 5.74) is -0.385. The maximum atomic E-state index is 15.3. The van der Waals surface area contributed by atoms with Crippen molar-refractivity contribution in [1.82, 2.24) is 25.2 Å². The molecule has 0 amide bonds. The summed E-state index contributed by atoms with van der Waals surface area (Å²) in [6, 6.07) is 6.39. The third kappa shape index (κ3) is 4.32. The van der Waals surface area contributed by atoms with Crippen molar-refractivity contribution in [2.45, 2.75) is 50.7 Å². The van der Waals surface area contributed by atoms with E-state index in [1.165, 1.54) is 31.0 Å². The first-order valence-corrected chi connectivity index (χ1v) is 12.7. The third-order valence-electron chi connectivity index (χ3n) is 7.45. The number of halogens is 2. The van der Waals surface area contributed by atoms with Crippen molar-refractivity contribution in [3.05, 3.63) is 35.9 Å². The lowest BCUT2D eigenvalue weighted by Crippen LogP contribution is -2.50. The Hall–Kier alpha value is -3.11. The number of nitrogens with zero attached hydrogens (tertiary/aromatic N) is 5. The topological polar surface area (TPSA) is 86.6 Å². The van der Waals surface area contributed by atoms with Crippen molar-refractivity contribution in [2.24, 2.45) is 0 Å². The summed E-state index contributed by atoms with van der Waals surface area (Å²) in [6.07, 6.45) is 4.72. The van der Waals surface area contributed by atoms with Gasteiger partial charge < -0.3 is 20.1 Å². The van der Waals surface area contributed by atoms with Gasteiger partial charge in [0.2, 0.25) is 0 Å². The van der Waals surface area contributed by atoms with Crippen molar-refractivity contribution < 1.29 is 18.6 Å². The Morgan fingerprint density at radius 1 is 1.11 bits per heavy atom. The number of pyridine rings is 1. The molecule has 2 atom stereocenters. The Morgan fingerprint density at radius 3 is 2.75 bits per heavy atom. The molecule has 0 radical (unpaired) electrons. The van der Waals surface area contributed by atoms with Gasteiger partial charge >= 0.3 is 6.01 Å². The normalized spacial score (nSPS) is 22.9. The Balaban J connectivity index is 1.41. The Kier molecular flexibility index (Phi) is 6.08. The van der Waals surface area contributed by atoms with Crippen LogP contribution in [0.5, 0.6) is 11.8 Å². The quantitative estimate of drug-likeness (QED) is 0.537. The first-order valence-electron chi connectivity index (χ1n) is 12.7. The summed E-state index contributed by atoms with van der Waals surface area (Å²) in [5.74, 6) is -1.35. The third-order valence-corrected chi connectivity index (χ3v) is 7.45. The van der Waals surface area contributed by atoms with E-state index in [4.69, 9.17) is 9.72 Å². The molecule has 2 aliphatic heterocycles. The minimum absolute atomic E-state index is 0.114. The number of ether oxygens (including phenoxy) is 1. The smallest absolute Gasteiger partial charge is 0.320 e. The largest absolute Gasteiger partial charge is 0.507 e. The summed E-state index contributed by atoms with van der Waals surface area (Å²) in [5, 5.41) is 14.0. The first kappa shape index (κ1) is 23.3. The van der Waals surface area contributed by atoms with Gasteiger partial charge in [0.15, 0.2) is 11.5 Å². The van der Waals surface area contributed by atoms with Crippen LogP contribution in [0, 0.1) is 11.6 Å². The second kappa shape index (κ2) is 9.40. The van der Waals surface area contributed by atoms with Gasteiger partial charge in [0, 0.05) is 37.8 Å². The highest BCUT2D eigenvalue weighted by molar-refractivity contribution is 5.90. The van der Waals surface area contributed by atoms with E-state index in [0.29, 0.717) is 36.4 Å². The molecule has 2 unspecified atom stereocenters. The van der Waals surface area contributed by atoms with Crippen LogP contribution in [0.4, 0.5) is 14.6 Å². The average Bonchev–Trinajstić information content (AvgIpc) is 3.60. The zero-order valence-corrected chi connectivity index (χ0v) is 20.3. The molecule has 8 nitrogen and oxygen atoms in total. The van der Waals surface area contributed by atoms with Crippen LogP contribution in [0.1, 0.15) is 32.6 Å². The fourth-order valence-corrected chi connectivity index (χ4v) is 5.45. The van der Waals surface area contributed by atoms with E-state index in [-0.39, 0.29) is 34.7 Å². The number of nitrogens with one attached hydrogen (secondary N) is 1. The highest BCUT2D eigenvalue weighted by atomic mass is 19.1. The first-order chi connectivity index (χ1) is 17.5. The fraction of sp³-hybridized carbons (Fsp3) is 0.500. The lowest BCUT2D eigenvalue weighted by atomic mass is 10.1. The standard InChI is InChI=1S/C26H30F2N6O2/c1-15-13-29-9-11-33(15)25-18-12-20(28)23(22-19(27)5-2-6-21(22)35)30-24(18)31-26(32-25)36-14-17-4-3-10-34(17)16-7-8-16/h2,5-6,12,15-17,29,35H,3-4,7-11,13-14H2,1H3. The number of phenolic OH excluding ortho intramolecular Hbond substituents is 1. The van der Waals surface area contributed by atoms with Crippen molar-refractivity contribution >= 4 is 16.9 Å². The van der Waals surface area contributed by atoms with Crippen LogP contribution in [0.3, 0.4) is 0 Å². The molecule has 36 heavy (non-hydrogen) atoms. The number of aromatic nitrogens is 3. The predicted molar refractivity (Wildman–Crippen MR) is 132 cm³/mol. The molecule has 10 heteroatoms. The van der Waals surface area contributed by atoms with Gasteiger partial charge in [0.25, 0.3) is 0 Å². The molecule has 1 aromatic carbocycles. The number of likely N-dealkylation sites (tertiary alicyclic amines) is 1. The van der Waals surface area contributed by atoms with E-state index in [1.807, 2.05) is 0 Å². The van der Waals surface area contributed by atoms with Crippen LogP contribution >= 0.6 is 0 Å². The number of aromatic hydroxyl groups is 1. The SMILES string of the molecule is CC1CNCCN1c1nc(OCC2CCCN2C2CC2)nc2nc(-c3c(O)cccc3F)c(F)cc12. The Labute approximate surface area is 208 Å². The number of fused-ring (bicyclic) bond motifs is 1. The molecule has 6 rings (SSSR count). The minimum atomic E-state index is -0.761. The highest BCUT2D eigenvalue weighted by Gasteiger charge is 2.37. The van der Waals surface area contributed by atoms with E-state index < -0.39 is 11.6 Å². The van der Waals surface area contributed by atoms with Crippen molar-refractivity contribution in [2.75, 3.05) is 37.7 Å². The molecule has 1 saturated carbocycles. The van der Waals surface area contributed by atoms with Crippen molar-refractivity contribution in [1.29, 1.82) is 0 Å². The number of hydrogen-bond donors (Lipinski definition) is 2. The number of piperazine rings is 1. The summed E-state index contributed by atoms with van der Waals surface area (Å²) in [6.45, 7) is 5.85. The lowest BCUT2D eigenvalue weighted by Gasteiger charge is -2.35. The zero-order chi connectivity index (χ0) is 24.8. The highest BCUT2D eigenvalue weighted by Crippen LogP contribution is 2.36. The number of hydrogen-bond acceptors (Lipinski definition) is 8. The Morgan fingerprint density at radius 2 is 1.97 bits per heavy atom. The van der Waals surface area contributed by atoms with Gasteiger partial charge in [-0.2, -0.15) is 9.97 Å². The zero-order valence-electron chi connectivity index (χ0n) is 20.3. The maximum absolute atomic E-state index is 15.3. The number of anilines is 1. The van der Waals surface area contributed by atoms with Crippen LogP contribution in [0.2, 0.25) is 0 Å². The van der Waals surface area contributed by atoms with Gasteiger partial charge in [0.1, 0.15) is 29.7 Å². The van der Waals surface area contributed by atoms with Crippen molar-refractivity contribution in [3.63, 3.8) is 0 Å². The molecule has 2 saturated heterocycles. The molecule has 0 spiro atoms. The maximum Gasteiger partial charge on any atom is 0.320 e. The van der Waals surface area contributed by atoms with Gasteiger partial charge in [-0.05, 0) is 57.4 Å². The van der Waals surface area contributed by atoms with Gasteiger partial charge in [-0.25, -0.2) is 13.8 Å². The molecule has 190 valence electrons. The van der Waals surface area contributed by atoms with E-state index in [1.54, 1.807) is 0 Å². The fourth-order valence-electron chi connectivity index (χ4n) is 5.45. The van der Waals surface area contributed by atoms with E-state index in [0.717, 1.165) is 38.5 Å². The number of phenols is 1. The molecule has 1 aliphatic carbocycles. The van der Waals surface area contributed by atoms with Crippen LogP contribution in [0.25, 0.3) is 22.3 Å². The van der Waals surface area contributed by atoms with E-state index in [2.05, 4.69) is 32.0 Å². The molecular formula is C26H30F2N6O2. The molecule has 4 heterocycles. The van der Waals surface area contributed by atoms with E-state index >= 15 is 4.39 Å². The molecule has 3 aliphatic rings. The van der Waals surface area contributed by atoms with Gasteiger partial charge in [-0.3, -0.25) is 4.90 Å². The number of benzene rings is 1. The molecule has 0 bridgehead atoms. The monoisotopic (exact) mass is 496 g/mol. The molecule has 2 aromatic heterocycles. The summed E-state index contributed by atoms with van der Waals surface area (Å²) in [7, 11) is 0. The number of rotatable bonds is 6. The summed E-state index contributed by atoms with van der Waals surface area (Å²) < 4.78 is 36.0. The Bertz CT molecular complexity index is 1270. The second-order valence-electron chi connectivity index (χ2n) is 9.98. The van der Waals surface area contributed by atoms with Crippen LogP contribution in [-0.4, -0.2) is 75.9 Å². The minimum Gasteiger partial charge on any atom is -0.507 e. The molecule has 3 aromatic rings. The van der Waals surface area contributed by atoms with Gasteiger partial charge in [-0.15, -0.1) is 0 Å². The van der Waals surface area contributed by atoms with Crippen LogP contribution in [-0.2, 0) is 0 Å².